The summed E-state index contributed by atoms with van der Waals surface area (Å²) >= 11 is 0. The first kappa shape index (κ1) is 26.7. The summed E-state index contributed by atoms with van der Waals surface area (Å²) in [6.07, 6.45) is 0.715. The third-order valence-electron chi connectivity index (χ3n) is 7.33. The largest absolute Gasteiger partial charge is 0.367 e. The van der Waals surface area contributed by atoms with Crippen molar-refractivity contribution in [1.82, 2.24) is 19.4 Å². The molecule has 2 heterocycles. The van der Waals surface area contributed by atoms with E-state index in [9.17, 15) is 14.0 Å². The van der Waals surface area contributed by atoms with Gasteiger partial charge in [0.05, 0.1) is 29.2 Å². The van der Waals surface area contributed by atoms with Crippen molar-refractivity contribution in [2.75, 3.05) is 26.2 Å². The molecule has 2 atom stereocenters. The predicted molar refractivity (Wildman–Crippen MR) is 149 cm³/mol. The highest BCUT2D eigenvalue weighted by molar-refractivity contribution is 5.78. The topological polar surface area (TPSA) is 67.7 Å². The van der Waals surface area contributed by atoms with E-state index in [4.69, 9.17) is 9.72 Å². The van der Waals surface area contributed by atoms with Gasteiger partial charge in [0.25, 0.3) is 5.56 Å². The van der Waals surface area contributed by atoms with Crippen molar-refractivity contribution in [2.45, 2.75) is 39.0 Å². The Morgan fingerprint density at radius 3 is 2.46 bits per heavy atom. The zero-order valence-corrected chi connectivity index (χ0v) is 22.3. The van der Waals surface area contributed by atoms with Gasteiger partial charge < -0.3 is 9.64 Å². The van der Waals surface area contributed by atoms with Crippen LogP contribution in [0.4, 0.5) is 4.39 Å². The van der Waals surface area contributed by atoms with Crippen molar-refractivity contribution in [1.29, 1.82) is 0 Å². The molecule has 0 radical (unpaired) electrons. The number of fused-ring (bicyclic) bond motifs is 1. The molecule has 4 aromatic rings. The van der Waals surface area contributed by atoms with E-state index in [-0.39, 0.29) is 36.0 Å². The minimum Gasteiger partial charge on any atom is -0.367 e. The van der Waals surface area contributed by atoms with Crippen LogP contribution >= 0.6 is 0 Å². The Labute approximate surface area is 227 Å². The highest BCUT2D eigenvalue weighted by Crippen LogP contribution is 2.28. The van der Waals surface area contributed by atoms with Gasteiger partial charge in [0.2, 0.25) is 5.91 Å². The summed E-state index contributed by atoms with van der Waals surface area (Å²) < 4.78 is 21.0. The lowest BCUT2D eigenvalue weighted by atomic mass is 10.1. The third kappa shape index (κ3) is 5.77. The highest BCUT2D eigenvalue weighted by atomic mass is 19.1. The summed E-state index contributed by atoms with van der Waals surface area (Å²) in [5.41, 5.74) is 2.05. The number of hydrogen-bond acceptors (Lipinski definition) is 5. The van der Waals surface area contributed by atoms with Gasteiger partial charge in [-0.25, -0.2) is 9.37 Å². The Hall–Kier alpha value is -3.88. The van der Waals surface area contributed by atoms with E-state index in [1.807, 2.05) is 60.4 Å². The van der Waals surface area contributed by atoms with Gasteiger partial charge in [0.15, 0.2) is 0 Å². The second kappa shape index (κ2) is 11.9. The van der Waals surface area contributed by atoms with Crippen LogP contribution < -0.4 is 5.56 Å². The van der Waals surface area contributed by atoms with Gasteiger partial charge in [-0.05, 0) is 55.3 Å². The average Bonchev–Trinajstić information content (AvgIpc) is 2.95. The number of aromatic nitrogens is 2. The lowest BCUT2D eigenvalue weighted by molar-refractivity contribution is -0.141. The molecule has 0 spiro atoms. The van der Waals surface area contributed by atoms with Gasteiger partial charge in [-0.2, -0.15) is 0 Å². The van der Waals surface area contributed by atoms with Crippen LogP contribution in [0.5, 0.6) is 0 Å². The van der Waals surface area contributed by atoms with E-state index in [1.54, 1.807) is 22.8 Å². The molecule has 0 saturated carbocycles. The zero-order chi connectivity index (χ0) is 27.4. The summed E-state index contributed by atoms with van der Waals surface area (Å²) in [6.45, 7) is 6.36. The fourth-order valence-corrected chi connectivity index (χ4v) is 5.37. The van der Waals surface area contributed by atoms with Gasteiger partial charge in [0, 0.05) is 25.7 Å². The number of benzene rings is 3. The Balaban J connectivity index is 1.37. The van der Waals surface area contributed by atoms with Crippen LogP contribution in [0.2, 0.25) is 0 Å². The van der Waals surface area contributed by atoms with Gasteiger partial charge in [-0.15, -0.1) is 0 Å². The number of halogens is 1. The van der Waals surface area contributed by atoms with Crippen LogP contribution in [-0.2, 0) is 16.1 Å². The molecule has 1 aliphatic heterocycles. The summed E-state index contributed by atoms with van der Waals surface area (Å²) in [5.74, 6) is 0.223. The molecule has 1 saturated heterocycles. The van der Waals surface area contributed by atoms with Crippen LogP contribution in [-0.4, -0.2) is 57.5 Å². The summed E-state index contributed by atoms with van der Waals surface area (Å²) in [4.78, 5) is 35.8. The van der Waals surface area contributed by atoms with Crippen LogP contribution in [0.1, 0.15) is 37.7 Å². The molecule has 0 N–H and O–H groups in total. The number of nitrogens with zero attached hydrogens (tertiary/aromatic N) is 4. The monoisotopic (exact) mass is 528 g/mol. The molecule has 1 aliphatic rings. The maximum atomic E-state index is 13.7. The van der Waals surface area contributed by atoms with E-state index in [2.05, 4.69) is 11.8 Å². The molecular formula is C31H33FN4O3. The van der Waals surface area contributed by atoms with E-state index in [0.29, 0.717) is 55.1 Å². The summed E-state index contributed by atoms with van der Waals surface area (Å²) in [7, 11) is 0. The molecule has 3 aromatic carbocycles. The average molecular weight is 529 g/mol. The molecule has 202 valence electrons. The molecule has 0 bridgehead atoms. The Bertz CT molecular complexity index is 1490. The van der Waals surface area contributed by atoms with Crippen LogP contribution in [0.3, 0.4) is 0 Å². The number of rotatable bonds is 8. The molecular weight excluding hydrogens is 495 g/mol. The molecule has 1 fully saturated rings. The van der Waals surface area contributed by atoms with Gasteiger partial charge in [-0.3, -0.25) is 19.1 Å². The smallest absolute Gasteiger partial charge is 0.266 e. The van der Waals surface area contributed by atoms with E-state index in [1.165, 1.54) is 12.1 Å². The van der Waals surface area contributed by atoms with Crippen LogP contribution in [0.25, 0.3) is 16.6 Å². The van der Waals surface area contributed by atoms with Crippen molar-refractivity contribution >= 4 is 16.8 Å². The number of hydrogen-bond donors (Lipinski definition) is 0. The van der Waals surface area contributed by atoms with Crippen molar-refractivity contribution in [3.05, 3.63) is 106 Å². The highest BCUT2D eigenvalue weighted by Gasteiger charge is 2.33. The number of ether oxygens (including phenoxy) is 1. The van der Waals surface area contributed by atoms with Gasteiger partial charge >= 0.3 is 0 Å². The Morgan fingerprint density at radius 2 is 1.74 bits per heavy atom. The zero-order valence-electron chi connectivity index (χ0n) is 22.3. The summed E-state index contributed by atoms with van der Waals surface area (Å²) in [5, 5.41) is 0.514. The Morgan fingerprint density at radius 1 is 1.03 bits per heavy atom. The van der Waals surface area contributed by atoms with Crippen LogP contribution in [0.15, 0.2) is 83.7 Å². The van der Waals surface area contributed by atoms with Gasteiger partial charge in [0.1, 0.15) is 18.2 Å². The van der Waals surface area contributed by atoms with E-state index >= 15 is 0 Å². The van der Waals surface area contributed by atoms with Crippen molar-refractivity contribution < 1.29 is 13.9 Å². The molecule has 8 heteroatoms. The first-order valence-electron chi connectivity index (χ1n) is 13.4. The number of carbonyl (C=O) groups excluding carboxylic acids is 1. The number of amides is 1. The van der Waals surface area contributed by atoms with Gasteiger partial charge in [-0.1, -0.05) is 49.4 Å². The van der Waals surface area contributed by atoms with Crippen molar-refractivity contribution in [3.8, 4) is 5.69 Å². The van der Waals surface area contributed by atoms with E-state index < -0.39 is 0 Å². The second-order valence-electron chi connectivity index (χ2n) is 9.94. The minimum atomic E-state index is -0.364. The standard InChI is InChI=1S/C31H33FN4O3/c1-3-28(34-17-18-35(22(2)19-34)29(37)21-39-20-23-9-5-4-6-10-23)30-33-27-12-8-7-11-26(27)31(38)36(30)25-15-13-24(32)14-16-25/h4-16,22,28H,3,17-21H2,1-2H3. The molecule has 5 rings (SSSR count). The first-order valence-corrected chi connectivity index (χ1v) is 13.4. The normalized spacial score (nSPS) is 16.9. The number of para-hydroxylation sites is 1. The third-order valence-corrected chi connectivity index (χ3v) is 7.33. The number of carbonyl (C=O) groups is 1. The van der Waals surface area contributed by atoms with Crippen molar-refractivity contribution in [2.24, 2.45) is 0 Å². The lowest BCUT2D eigenvalue weighted by Gasteiger charge is -2.43. The first-order chi connectivity index (χ1) is 19.0. The minimum absolute atomic E-state index is 0.0295. The van der Waals surface area contributed by atoms with Crippen LogP contribution in [0, 0.1) is 5.82 Å². The van der Waals surface area contributed by atoms with E-state index in [0.717, 1.165) is 5.56 Å². The van der Waals surface area contributed by atoms with Crippen molar-refractivity contribution in [3.63, 3.8) is 0 Å². The fraction of sp³-hybridized carbons (Fsp3) is 0.323. The maximum absolute atomic E-state index is 13.7. The SMILES string of the molecule is CCC(c1nc2ccccc2c(=O)n1-c1ccc(F)cc1)N1CCN(C(=O)COCc2ccccc2)C(C)C1. The summed E-state index contributed by atoms with van der Waals surface area (Å²) in [6, 6.07) is 22.8. The molecule has 0 aliphatic carbocycles. The number of piperazine rings is 1. The maximum Gasteiger partial charge on any atom is 0.266 e. The molecule has 39 heavy (non-hydrogen) atoms. The Kier molecular flexibility index (Phi) is 8.14. The quantitative estimate of drug-likeness (QED) is 0.331. The predicted octanol–water partition coefficient (Wildman–Crippen LogP) is 4.73. The lowest BCUT2D eigenvalue weighted by Crippen LogP contribution is -2.55. The molecule has 7 nitrogen and oxygen atoms in total. The molecule has 2 unspecified atom stereocenters. The molecule has 1 aromatic heterocycles. The fourth-order valence-electron chi connectivity index (χ4n) is 5.37. The molecule has 1 amide bonds. The second-order valence-corrected chi connectivity index (χ2v) is 9.94.